The van der Waals surface area contributed by atoms with E-state index in [2.05, 4.69) is 22.1 Å². The standard InChI is InChI=1S/C27H33N5O7.Tb.Y/c33-24(34)18-30-10-8-29(9-11-31(19-25(35)36)13-15-32(14-12-30)20-26(37)38)17-23-7-6-22(16-28-23)27(39)21-4-2-1-3-5-21;;/h1-4,6-7H,8-15,17-20H2,(H,33,34)(H,35,36)(H,37,38);;/q-2;;/p+1. The van der Waals surface area contributed by atoms with Gasteiger partial charge in [-0.2, -0.15) is 0 Å². The van der Waals surface area contributed by atoms with E-state index in [1.165, 1.54) is 0 Å². The van der Waals surface area contributed by atoms with Gasteiger partial charge in [-0.3, -0.25) is 24.3 Å². The molecule has 1 saturated heterocycles. The normalized spacial score (nSPS) is 16.3. The van der Waals surface area contributed by atoms with Gasteiger partial charge in [-0.15, -0.1) is 48.0 Å². The molecule has 14 heteroatoms. The first-order valence-corrected chi connectivity index (χ1v) is 12.7. The molecule has 3 rings (SSSR count). The third-order valence-electron chi connectivity index (χ3n) is 6.36. The van der Waals surface area contributed by atoms with Crippen molar-refractivity contribution in [1.82, 2.24) is 24.6 Å². The van der Waals surface area contributed by atoms with E-state index in [1.807, 2.05) is 0 Å². The average Bonchev–Trinajstić information content (AvgIpc) is 2.90. The van der Waals surface area contributed by atoms with Gasteiger partial charge in [0.15, 0.2) is 6.54 Å². The van der Waals surface area contributed by atoms with Crippen LogP contribution in [-0.4, -0.2) is 136 Å². The SMILES string of the molecule is O=C(O)CN1CCN(CC(=O)[OH2+])CCN(CC(=O)O)CCN(Cc2ccc(C(=O)c3[c-]cccc3)[c-]n2)CC1.[Tb].[Y]. The summed E-state index contributed by atoms with van der Waals surface area (Å²) in [5.41, 5.74) is 1.42. The summed E-state index contributed by atoms with van der Waals surface area (Å²) >= 11 is 0. The minimum Gasteiger partial charge on any atom is -0.564 e. The quantitative estimate of drug-likeness (QED) is 0.174. The van der Waals surface area contributed by atoms with Gasteiger partial charge in [-0.25, -0.2) is 0 Å². The minimum atomic E-state index is -0.962. The summed E-state index contributed by atoms with van der Waals surface area (Å²) in [6, 6.07) is 13.2. The number of carboxylic acids is 2. The van der Waals surface area contributed by atoms with E-state index in [1.54, 1.807) is 51.1 Å². The predicted octanol–water partition coefficient (Wildman–Crippen LogP) is -0.948. The second kappa shape index (κ2) is 19.8. The number of aromatic nitrogens is 1. The number of ketones is 1. The summed E-state index contributed by atoms with van der Waals surface area (Å²) in [5, 5.41) is 26.1. The minimum absolute atomic E-state index is 0. The molecule has 0 aliphatic carbocycles. The number of carbonyl (C=O) groups excluding carboxylic acids is 2. The Bertz CT molecular complexity index is 1090. The van der Waals surface area contributed by atoms with E-state index >= 15 is 0 Å². The summed E-state index contributed by atoms with van der Waals surface area (Å²) in [6.45, 7) is 3.34. The van der Waals surface area contributed by atoms with Gasteiger partial charge in [0.25, 0.3) is 0 Å². The van der Waals surface area contributed by atoms with Crippen LogP contribution in [0.25, 0.3) is 0 Å². The van der Waals surface area contributed by atoms with Crippen LogP contribution in [-0.2, 0) is 53.6 Å². The second-order valence-electron chi connectivity index (χ2n) is 9.38. The maximum atomic E-state index is 12.6. The van der Waals surface area contributed by atoms with E-state index in [9.17, 15) is 29.4 Å². The van der Waals surface area contributed by atoms with Gasteiger partial charge >= 0.3 is 17.9 Å². The molecule has 1 aliphatic heterocycles. The van der Waals surface area contributed by atoms with E-state index in [0.29, 0.717) is 75.7 Å². The molecule has 12 nitrogen and oxygen atoms in total. The van der Waals surface area contributed by atoms with E-state index in [0.717, 1.165) is 0 Å². The number of rotatable bonds is 10. The molecule has 0 amide bonds. The van der Waals surface area contributed by atoms with Crippen molar-refractivity contribution in [3.63, 3.8) is 0 Å². The molecule has 2 radical (unpaired) electrons. The van der Waals surface area contributed by atoms with E-state index < -0.39 is 17.9 Å². The number of carboxylic acid groups (broad SMARTS) is 2. The maximum absolute atomic E-state index is 12.6. The molecule has 222 valence electrons. The fourth-order valence-electron chi connectivity index (χ4n) is 4.31. The molecule has 1 aromatic heterocycles. The first kappa shape index (κ1) is 37.7. The van der Waals surface area contributed by atoms with Crippen LogP contribution in [0.4, 0.5) is 0 Å². The van der Waals surface area contributed by atoms with Gasteiger partial charge in [0.05, 0.1) is 18.9 Å². The second-order valence-corrected chi connectivity index (χ2v) is 9.38. The molecule has 1 fully saturated rings. The fourth-order valence-corrected chi connectivity index (χ4v) is 4.31. The Morgan fingerprint density at radius 1 is 0.756 bits per heavy atom. The van der Waals surface area contributed by atoms with Crippen LogP contribution < -0.4 is 0 Å². The van der Waals surface area contributed by atoms with Gasteiger partial charge in [0, 0.05) is 135 Å². The molecule has 1 aliphatic rings. The van der Waals surface area contributed by atoms with Crippen molar-refractivity contribution in [2.75, 3.05) is 72.0 Å². The molecule has 1 aromatic carbocycles. The smallest absolute Gasteiger partial charge is 0.530 e. The van der Waals surface area contributed by atoms with Crippen LogP contribution in [0.3, 0.4) is 0 Å². The van der Waals surface area contributed by atoms with E-state index in [-0.39, 0.29) is 96.7 Å². The summed E-state index contributed by atoms with van der Waals surface area (Å²) in [4.78, 5) is 58.7. The third-order valence-corrected chi connectivity index (χ3v) is 6.36. The number of pyridine rings is 1. The van der Waals surface area contributed by atoms with Gasteiger partial charge in [0.2, 0.25) is 0 Å². The van der Waals surface area contributed by atoms with Crippen molar-refractivity contribution in [2.45, 2.75) is 6.54 Å². The number of hydrogen-bond donors (Lipinski definition) is 2. The monoisotopic (exact) mass is 788 g/mol. The van der Waals surface area contributed by atoms with Crippen molar-refractivity contribution in [3.8, 4) is 0 Å². The zero-order valence-electron chi connectivity index (χ0n) is 22.6. The van der Waals surface area contributed by atoms with Crippen LogP contribution in [0, 0.1) is 50.9 Å². The molecule has 41 heavy (non-hydrogen) atoms. The molecule has 0 saturated carbocycles. The maximum Gasteiger partial charge on any atom is 0.530 e. The molecular weight excluding hydrogens is 754 g/mol. The molecule has 2 aromatic rings. The number of aliphatic carboxylic acids is 2. The van der Waals surface area contributed by atoms with Crippen molar-refractivity contribution in [3.05, 3.63) is 65.5 Å². The Kier molecular flexibility index (Phi) is 18.2. The van der Waals surface area contributed by atoms with Gasteiger partial charge < -0.3 is 30.0 Å². The molecule has 0 unspecified atom stereocenters. The molecule has 2 heterocycles. The Hall–Kier alpha value is -1.32. The Morgan fingerprint density at radius 3 is 1.68 bits per heavy atom. The van der Waals surface area contributed by atoms with E-state index in [4.69, 9.17) is 5.11 Å². The number of nitrogens with zero attached hydrogens (tertiary/aromatic N) is 5. The summed E-state index contributed by atoms with van der Waals surface area (Å²) in [5.74, 6) is -2.90. The van der Waals surface area contributed by atoms with Crippen molar-refractivity contribution in [1.29, 1.82) is 0 Å². The molecule has 0 spiro atoms. The molecular formula is C27H34N5O7TbY-. The van der Waals surface area contributed by atoms with Gasteiger partial charge in [-0.05, 0) is 11.9 Å². The van der Waals surface area contributed by atoms with Crippen molar-refractivity contribution in [2.24, 2.45) is 0 Å². The van der Waals surface area contributed by atoms with Crippen molar-refractivity contribution < 1.29 is 106 Å². The number of carbonyl (C=O) groups is 4. The third kappa shape index (κ3) is 14.1. The van der Waals surface area contributed by atoms with Crippen LogP contribution in [0.1, 0.15) is 21.6 Å². The Morgan fingerprint density at radius 2 is 1.27 bits per heavy atom. The van der Waals surface area contributed by atoms with Crippen LogP contribution >= 0.6 is 0 Å². The fraction of sp³-hybridized carbons (Fsp3) is 0.444. The molecule has 0 bridgehead atoms. The summed E-state index contributed by atoms with van der Waals surface area (Å²) in [6.07, 6.45) is 2.81. The first-order chi connectivity index (χ1) is 18.7. The van der Waals surface area contributed by atoms with Crippen LogP contribution in [0.15, 0.2) is 36.4 Å². The number of benzene rings is 1. The Labute approximate surface area is 295 Å². The van der Waals surface area contributed by atoms with Gasteiger partial charge in [0.1, 0.15) is 0 Å². The summed E-state index contributed by atoms with van der Waals surface area (Å²) in [7, 11) is 0. The Balaban J connectivity index is 0.00000420. The van der Waals surface area contributed by atoms with Gasteiger partial charge in [-0.1, -0.05) is 5.56 Å². The molecule has 0 atom stereocenters. The zero-order chi connectivity index (χ0) is 28.2. The first-order valence-electron chi connectivity index (χ1n) is 12.7. The van der Waals surface area contributed by atoms with Crippen LogP contribution in [0.2, 0.25) is 0 Å². The number of hydrogen-bond acceptors (Lipinski definition) is 9. The predicted molar refractivity (Wildman–Crippen MR) is 140 cm³/mol. The topological polar surface area (TPSA) is 157 Å². The average molecular weight is 788 g/mol. The summed E-state index contributed by atoms with van der Waals surface area (Å²) < 4.78 is 0. The van der Waals surface area contributed by atoms with Crippen LogP contribution in [0.5, 0.6) is 0 Å². The zero-order valence-corrected chi connectivity index (χ0v) is 27.6. The largest absolute Gasteiger partial charge is 0.564 e. The molecule has 4 N–H and O–H groups in total. The van der Waals surface area contributed by atoms with Crippen molar-refractivity contribution >= 4 is 23.7 Å².